The minimum atomic E-state index is -0.638. The summed E-state index contributed by atoms with van der Waals surface area (Å²) in [5, 5.41) is 3.90. The Balaban J connectivity index is 2.32. The van der Waals surface area contributed by atoms with Gasteiger partial charge in [-0.3, -0.25) is 4.79 Å². The van der Waals surface area contributed by atoms with Crippen LogP contribution < -0.4 is 10.5 Å². The summed E-state index contributed by atoms with van der Waals surface area (Å²) in [4.78, 5) is 22.7. The first-order valence-electron chi connectivity index (χ1n) is 5.50. The molecule has 1 amide bonds. The minimum Gasteiger partial charge on any atom is -0.463 e. The lowest BCUT2D eigenvalue weighted by atomic mass is 10.4. The molecule has 100 valence electrons. The van der Waals surface area contributed by atoms with Gasteiger partial charge >= 0.3 is 6.01 Å². The number of ether oxygens (including phenoxy) is 1. The summed E-state index contributed by atoms with van der Waals surface area (Å²) in [7, 11) is 0. The number of hydrogen-bond donors (Lipinski definition) is 1. The Morgan fingerprint density at radius 2 is 2.26 bits per heavy atom. The van der Waals surface area contributed by atoms with E-state index in [-0.39, 0.29) is 22.9 Å². The molecule has 2 rings (SSSR count). The van der Waals surface area contributed by atoms with Crippen molar-refractivity contribution < 1.29 is 9.53 Å². The molecule has 2 aromatic rings. The molecular formula is C10H11ClN6O2. The van der Waals surface area contributed by atoms with Crippen LogP contribution in [0, 0.1) is 0 Å². The summed E-state index contributed by atoms with van der Waals surface area (Å²) in [6, 6.07) is 1.56. The van der Waals surface area contributed by atoms with E-state index in [0.717, 1.165) is 6.42 Å². The highest BCUT2D eigenvalue weighted by atomic mass is 35.5. The summed E-state index contributed by atoms with van der Waals surface area (Å²) < 4.78 is 6.54. The van der Waals surface area contributed by atoms with Crippen LogP contribution in [-0.4, -0.2) is 37.2 Å². The molecule has 2 heterocycles. The average Bonchev–Trinajstić information content (AvgIpc) is 2.85. The zero-order chi connectivity index (χ0) is 13.8. The summed E-state index contributed by atoms with van der Waals surface area (Å²) in [6.45, 7) is 2.42. The molecule has 9 heteroatoms. The normalized spacial score (nSPS) is 10.4. The Hall–Kier alpha value is -2.22. The number of carbonyl (C=O) groups is 1. The smallest absolute Gasteiger partial charge is 0.322 e. The van der Waals surface area contributed by atoms with Gasteiger partial charge in [0, 0.05) is 6.20 Å². The molecule has 0 aliphatic heterocycles. The van der Waals surface area contributed by atoms with E-state index in [4.69, 9.17) is 22.1 Å². The van der Waals surface area contributed by atoms with Crippen molar-refractivity contribution in [3.05, 3.63) is 23.2 Å². The Morgan fingerprint density at radius 1 is 1.47 bits per heavy atom. The molecule has 0 bridgehead atoms. The van der Waals surface area contributed by atoms with Crippen molar-refractivity contribution in [3.63, 3.8) is 0 Å². The molecule has 0 spiro atoms. The number of hydrogen-bond acceptors (Lipinski definition) is 6. The number of primary amides is 1. The zero-order valence-corrected chi connectivity index (χ0v) is 10.8. The SMILES string of the molecule is CCCOc1nc(Cl)nc(-n2ccc(C(N)=O)n2)n1. The maximum atomic E-state index is 11.0. The van der Waals surface area contributed by atoms with Gasteiger partial charge < -0.3 is 10.5 Å². The van der Waals surface area contributed by atoms with Gasteiger partial charge in [-0.15, -0.1) is 0 Å². The molecular weight excluding hydrogens is 272 g/mol. The number of nitrogens with zero attached hydrogens (tertiary/aromatic N) is 5. The van der Waals surface area contributed by atoms with Crippen molar-refractivity contribution in [2.75, 3.05) is 6.61 Å². The van der Waals surface area contributed by atoms with Gasteiger partial charge in [-0.25, -0.2) is 4.68 Å². The van der Waals surface area contributed by atoms with Crippen molar-refractivity contribution in [2.24, 2.45) is 5.73 Å². The first-order valence-corrected chi connectivity index (χ1v) is 5.88. The van der Waals surface area contributed by atoms with E-state index in [9.17, 15) is 4.79 Å². The van der Waals surface area contributed by atoms with Crippen molar-refractivity contribution in [3.8, 4) is 12.0 Å². The molecule has 0 unspecified atom stereocenters. The van der Waals surface area contributed by atoms with E-state index in [1.807, 2.05) is 6.92 Å². The highest BCUT2D eigenvalue weighted by Crippen LogP contribution is 2.11. The monoisotopic (exact) mass is 282 g/mol. The van der Waals surface area contributed by atoms with Crippen molar-refractivity contribution >= 4 is 17.5 Å². The van der Waals surface area contributed by atoms with E-state index in [2.05, 4.69) is 20.1 Å². The van der Waals surface area contributed by atoms with Crippen LogP contribution in [0.1, 0.15) is 23.8 Å². The predicted octanol–water partition coefficient (Wildman–Crippen LogP) is 0.598. The summed E-state index contributed by atoms with van der Waals surface area (Å²) in [5.74, 6) is -0.486. The van der Waals surface area contributed by atoms with E-state index < -0.39 is 5.91 Å². The molecule has 0 saturated carbocycles. The Morgan fingerprint density at radius 3 is 2.89 bits per heavy atom. The molecule has 0 aliphatic carbocycles. The molecule has 0 fully saturated rings. The quantitative estimate of drug-likeness (QED) is 0.860. The van der Waals surface area contributed by atoms with Crippen LogP contribution in [-0.2, 0) is 0 Å². The summed E-state index contributed by atoms with van der Waals surface area (Å²) >= 11 is 5.77. The molecule has 0 saturated heterocycles. The fourth-order valence-electron chi connectivity index (χ4n) is 1.25. The van der Waals surface area contributed by atoms with Crippen LogP contribution in [0.2, 0.25) is 5.28 Å². The van der Waals surface area contributed by atoms with Gasteiger partial charge in [-0.2, -0.15) is 20.1 Å². The van der Waals surface area contributed by atoms with Crippen molar-refractivity contribution in [2.45, 2.75) is 13.3 Å². The molecule has 8 nitrogen and oxygen atoms in total. The molecule has 0 atom stereocenters. The van der Waals surface area contributed by atoms with Gasteiger partial charge in [0.1, 0.15) is 5.69 Å². The Bertz CT molecular complexity index is 599. The second kappa shape index (κ2) is 5.61. The number of aromatic nitrogens is 5. The first-order chi connectivity index (χ1) is 9.10. The number of amides is 1. The fourth-order valence-corrected chi connectivity index (χ4v) is 1.40. The standard InChI is InChI=1S/C10H11ClN6O2/c1-2-5-19-10-14-8(11)13-9(15-10)17-4-3-6(16-17)7(12)18/h3-4H,2,5H2,1H3,(H2,12,18). The third-order valence-corrected chi connectivity index (χ3v) is 2.23. The van der Waals surface area contributed by atoms with Crippen LogP contribution >= 0.6 is 11.6 Å². The van der Waals surface area contributed by atoms with Gasteiger partial charge in [0.15, 0.2) is 0 Å². The largest absolute Gasteiger partial charge is 0.463 e. The van der Waals surface area contributed by atoms with Crippen LogP contribution in [0.5, 0.6) is 6.01 Å². The molecule has 0 aromatic carbocycles. The minimum absolute atomic E-state index is 0.0211. The topological polar surface area (TPSA) is 109 Å². The second-order valence-electron chi connectivity index (χ2n) is 3.55. The maximum absolute atomic E-state index is 11.0. The van der Waals surface area contributed by atoms with Gasteiger partial charge in [0.25, 0.3) is 11.9 Å². The van der Waals surface area contributed by atoms with Gasteiger partial charge in [0.05, 0.1) is 6.61 Å². The lowest BCUT2D eigenvalue weighted by molar-refractivity contribution is 0.0995. The van der Waals surface area contributed by atoms with Crippen molar-refractivity contribution in [1.29, 1.82) is 0 Å². The van der Waals surface area contributed by atoms with E-state index >= 15 is 0 Å². The highest BCUT2D eigenvalue weighted by molar-refractivity contribution is 6.28. The van der Waals surface area contributed by atoms with E-state index in [0.29, 0.717) is 6.61 Å². The molecule has 0 radical (unpaired) electrons. The molecule has 2 aromatic heterocycles. The van der Waals surface area contributed by atoms with Crippen LogP contribution in [0.4, 0.5) is 0 Å². The predicted molar refractivity (Wildman–Crippen MR) is 66.3 cm³/mol. The van der Waals surface area contributed by atoms with Crippen LogP contribution in [0.3, 0.4) is 0 Å². The summed E-state index contributed by atoms with van der Waals surface area (Å²) in [5.41, 5.74) is 5.22. The number of halogens is 1. The van der Waals surface area contributed by atoms with Gasteiger partial charge in [-0.05, 0) is 24.1 Å². The lowest BCUT2D eigenvalue weighted by Gasteiger charge is -2.04. The second-order valence-corrected chi connectivity index (χ2v) is 3.88. The third kappa shape index (κ3) is 3.16. The van der Waals surface area contributed by atoms with Crippen molar-refractivity contribution in [1.82, 2.24) is 24.7 Å². The van der Waals surface area contributed by atoms with E-state index in [1.165, 1.54) is 16.9 Å². The average molecular weight is 283 g/mol. The third-order valence-electron chi connectivity index (χ3n) is 2.06. The number of carbonyl (C=O) groups excluding carboxylic acids is 1. The molecule has 2 N–H and O–H groups in total. The molecule has 0 aliphatic rings. The lowest BCUT2D eigenvalue weighted by Crippen LogP contribution is -2.13. The fraction of sp³-hybridized carbons (Fsp3) is 0.300. The Labute approximate surface area is 113 Å². The van der Waals surface area contributed by atoms with Crippen LogP contribution in [0.25, 0.3) is 5.95 Å². The van der Waals surface area contributed by atoms with Gasteiger partial charge in [-0.1, -0.05) is 6.92 Å². The van der Waals surface area contributed by atoms with Crippen LogP contribution in [0.15, 0.2) is 12.3 Å². The van der Waals surface area contributed by atoms with E-state index in [1.54, 1.807) is 0 Å². The maximum Gasteiger partial charge on any atom is 0.322 e. The van der Waals surface area contributed by atoms with Gasteiger partial charge in [0.2, 0.25) is 5.28 Å². The number of rotatable bonds is 5. The molecule has 19 heavy (non-hydrogen) atoms. The summed E-state index contributed by atoms with van der Waals surface area (Å²) in [6.07, 6.45) is 2.31. The Kier molecular flexibility index (Phi) is 3.91. The first kappa shape index (κ1) is 13.2. The number of nitrogens with two attached hydrogens (primary N) is 1. The zero-order valence-electron chi connectivity index (χ0n) is 10.1. The highest BCUT2D eigenvalue weighted by Gasteiger charge is 2.11.